The average Bonchev–Trinajstić information content (AvgIpc) is 3.41. The monoisotopic (exact) mass is 486 g/mol. The topological polar surface area (TPSA) is 143 Å². The summed E-state index contributed by atoms with van der Waals surface area (Å²) in [6.45, 7) is 5.68. The van der Waals surface area contributed by atoms with Gasteiger partial charge < -0.3 is 29.4 Å². The van der Waals surface area contributed by atoms with Gasteiger partial charge in [-0.2, -0.15) is 0 Å². The van der Waals surface area contributed by atoms with Crippen LogP contribution in [-0.4, -0.2) is 63.7 Å². The van der Waals surface area contributed by atoms with Crippen LogP contribution in [0.25, 0.3) is 11.2 Å². The largest absolute Gasteiger partial charge is 0.388 e. The van der Waals surface area contributed by atoms with E-state index in [1.165, 1.54) is 12.7 Å². The Hall–Kier alpha value is -1.20. The zero-order valence-electron chi connectivity index (χ0n) is 18.5. The fraction of sp³-hybridized carbons (Fsp3) is 0.750. The van der Waals surface area contributed by atoms with E-state index in [1.54, 1.807) is 4.57 Å². The molecule has 4 N–H and O–H groups in total. The van der Waals surface area contributed by atoms with Gasteiger partial charge in [0.2, 0.25) is 0 Å². The lowest BCUT2D eigenvalue weighted by atomic mass is 9.88. The van der Waals surface area contributed by atoms with E-state index < -0.39 is 42.9 Å². The molecule has 1 saturated heterocycles. The van der Waals surface area contributed by atoms with Crippen molar-refractivity contribution in [2.45, 2.75) is 94.6 Å². The molecule has 3 heterocycles. The second-order valence-corrected chi connectivity index (χ2v) is 11.4. The summed E-state index contributed by atoms with van der Waals surface area (Å²) in [6, 6.07) is 0. The normalized spacial score (nSPS) is 29.3. The van der Waals surface area contributed by atoms with Crippen LogP contribution < -0.4 is 0 Å². The fourth-order valence-corrected chi connectivity index (χ4v) is 6.94. The van der Waals surface area contributed by atoms with Gasteiger partial charge in [-0.3, -0.25) is 9.13 Å². The number of hydrogen-bond acceptors (Lipinski definition) is 8. The third-order valence-electron chi connectivity index (χ3n) is 7.25. The molecule has 0 radical (unpaired) electrons. The van der Waals surface area contributed by atoms with E-state index in [2.05, 4.69) is 15.0 Å². The molecular formula is C20H31N4O6PS. The molecule has 32 heavy (non-hydrogen) atoms. The molecular weight excluding hydrogens is 455 g/mol. The Kier molecular flexibility index (Phi) is 6.39. The van der Waals surface area contributed by atoms with Crippen molar-refractivity contribution in [3.05, 3.63) is 17.3 Å². The molecule has 5 unspecified atom stereocenters. The number of nitrogens with one attached hydrogen (secondary N) is 1. The van der Waals surface area contributed by atoms with Crippen molar-refractivity contribution in [1.29, 1.82) is 0 Å². The first-order valence-electron chi connectivity index (χ1n) is 11.1. The summed E-state index contributed by atoms with van der Waals surface area (Å²) in [5, 5.41) is 20.9. The highest BCUT2D eigenvalue weighted by Crippen LogP contribution is 2.71. The SMILES string of the molecule is CCC(CC)(CC1OC(n2cnc3c(=S)nc[nH]c32)C(O)C1O)OP(=O)(O)C1(CC)CC1. The third-order valence-corrected chi connectivity index (χ3v) is 10.2. The van der Waals surface area contributed by atoms with E-state index in [9.17, 15) is 19.7 Å². The maximum absolute atomic E-state index is 13.2. The van der Waals surface area contributed by atoms with Gasteiger partial charge >= 0.3 is 7.60 Å². The maximum atomic E-state index is 13.2. The minimum absolute atomic E-state index is 0.170. The number of imidazole rings is 1. The van der Waals surface area contributed by atoms with Crippen molar-refractivity contribution in [3.63, 3.8) is 0 Å². The van der Waals surface area contributed by atoms with E-state index in [4.69, 9.17) is 21.5 Å². The first-order valence-corrected chi connectivity index (χ1v) is 13.1. The smallest absolute Gasteiger partial charge is 0.334 e. The van der Waals surface area contributed by atoms with Crippen LogP contribution >= 0.6 is 19.8 Å². The van der Waals surface area contributed by atoms with Crippen molar-refractivity contribution in [3.8, 4) is 0 Å². The Labute approximate surface area is 191 Å². The summed E-state index contributed by atoms with van der Waals surface area (Å²) in [5.41, 5.74) is 0.0243. The van der Waals surface area contributed by atoms with E-state index in [1.807, 2.05) is 20.8 Å². The number of fused-ring (bicyclic) bond motifs is 1. The van der Waals surface area contributed by atoms with Gasteiger partial charge in [0.1, 0.15) is 23.4 Å². The summed E-state index contributed by atoms with van der Waals surface area (Å²) < 4.78 is 27.1. The van der Waals surface area contributed by atoms with E-state index in [0.717, 1.165) is 0 Å². The van der Waals surface area contributed by atoms with Gasteiger partial charge in [0.15, 0.2) is 10.9 Å². The van der Waals surface area contributed by atoms with Crippen molar-refractivity contribution in [2.75, 3.05) is 0 Å². The lowest BCUT2D eigenvalue weighted by Crippen LogP contribution is -2.40. The number of aliphatic hydroxyl groups excluding tert-OH is 2. The zero-order chi connectivity index (χ0) is 23.3. The third kappa shape index (κ3) is 3.87. The average molecular weight is 487 g/mol. The summed E-state index contributed by atoms with van der Waals surface area (Å²) in [5.74, 6) is 0. The molecule has 178 valence electrons. The highest BCUT2D eigenvalue weighted by Gasteiger charge is 2.59. The van der Waals surface area contributed by atoms with Crippen LogP contribution in [0.15, 0.2) is 12.7 Å². The first-order chi connectivity index (χ1) is 15.1. The minimum atomic E-state index is -3.87. The van der Waals surface area contributed by atoms with Gasteiger partial charge in [-0.05, 0) is 32.1 Å². The maximum Gasteiger partial charge on any atom is 0.334 e. The van der Waals surface area contributed by atoms with E-state index in [-0.39, 0.29) is 6.42 Å². The summed E-state index contributed by atoms with van der Waals surface area (Å²) in [4.78, 5) is 22.0. The number of hydrogen-bond donors (Lipinski definition) is 4. The van der Waals surface area contributed by atoms with Gasteiger partial charge in [0.05, 0.1) is 29.5 Å². The van der Waals surface area contributed by atoms with E-state index >= 15 is 0 Å². The number of aromatic amines is 1. The lowest BCUT2D eigenvalue weighted by Gasteiger charge is -2.38. The summed E-state index contributed by atoms with van der Waals surface area (Å²) >= 11 is 5.19. The fourth-order valence-electron chi connectivity index (χ4n) is 4.61. The highest BCUT2D eigenvalue weighted by molar-refractivity contribution is 7.71. The van der Waals surface area contributed by atoms with Gasteiger partial charge in [0.25, 0.3) is 0 Å². The number of aliphatic hydroxyl groups is 2. The summed E-state index contributed by atoms with van der Waals surface area (Å²) in [7, 11) is -3.87. The molecule has 0 aromatic carbocycles. The molecule has 2 aliphatic rings. The number of H-pyrrole nitrogens is 1. The molecule has 2 aromatic rings. The van der Waals surface area contributed by atoms with Crippen LogP contribution in [0.2, 0.25) is 0 Å². The van der Waals surface area contributed by atoms with Crippen LogP contribution in [0, 0.1) is 4.64 Å². The van der Waals surface area contributed by atoms with Crippen LogP contribution in [0.5, 0.6) is 0 Å². The molecule has 12 heteroatoms. The Balaban J connectivity index is 1.58. The van der Waals surface area contributed by atoms with Gasteiger partial charge in [0, 0.05) is 6.42 Å². The van der Waals surface area contributed by atoms with Crippen molar-refractivity contribution >= 4 is 31.0 Å². The standard InChI is InChI=1S/C20H31N4O6PS/c1-4-19(5-2,30-31(27,28)20(6-3)7-8-20)9-12-14(25)15(26)18(29-12)24-11-23-13-16(24)21-10-22-17(13)32/h10-12,14-15,18,25-26H,4-9H2,1-3H3,(H,27,28)(H,21,22,32). The molecule has 10 nitrogen and oxygen atoms in total. The van der Waals surface area contributed by atoms with Crippen molar-refractivity contribution < 1.29 is 28.9 Å². The lowest BCUT2D eigenvalue weighted by molar-refractivity contribution is -0.0715. The van der Waals surface area contributed by atoms with E-state index in [0.29, 0.717) is 47.9 Å². The van der Waals surface area contributed by atoms with Crippen LogP contribution in [0.1, 0.15) is 65.5 Å². The molecule has 0 amide bonds. The molecule has 1 aliphatic heterocycles. The number of aromatic nitrogens is 4. The van der Waals surface area contributed by atoms with Gasteiger partial charge in [-0.25, -0.2) is 9.97 Å². The summed E-state index contributed by atoms with van der Waals surface area (Å²) in [6.07, 6.45) is 1.80. The highest BCUT2D eigenvalue weighted by atomic mass is 32.1. The minimum Gasteiger partial charge on any atom is -0.388 e. The van der Waals surface area contributed by atoms with Crippen LogP contribution in [-0.2, 0) is 13.8 Å². The Morgan fingerprint density at radius 2 is 2.00 bits per heavy atom. The molecule has 2 aromatic heterocycles. The van der Waals surface area contributed by atoms with Crippen molar-refractivity contribution in [2.24, 2.45) is 0 Å². The quantitative estimate of drug-likeness (QED) is 0.310. The van der Waals surface area contributed by atoms with Crippen molar-refractivity contribution in [1.82, 2.24) is 19.5 Å². The molecule has 1 aliphatic carbocycles. The van der Waals surface area contributed by atoms with Crippen LogP contribution in [0.4, 0.5) is 0 Å². The second-order valence-electron chi connectivity index (χ2n) is 8.89. The predicted octanol–water partition coefficient (Wildman–Crippen LogP) is 3.20. The molecule has 0 bridgehead atoms. The predicted molar refractivity (Wildman–Crippen MR) is 120 cm³/mol. The van der Waals surface area contributed by atoms with Gasteiger partial charge in [-0.15, -0.1) is 0 Å². The molecule has 5 atom stereocenters. The number of ether oxygens (including phenoxy) is 1. The molecule has 1 saturated carbocycles. The number of rotatable bonds is 9. The second kappa shape index (κ2) is 8.54. The molecule has 0 spiro atoms. The Bertz CT molecular complexity index is 1080. The Morgan fingerprint density at radius 1 is 1.31 bits per heavy atom. The van der Waals surface area contributed by atoms with Gasteiger partial charge in [-0.1, -0.05) is 33.0 Å². The molecule has 2 fully saturated rings. The number of nitrogens with zero attached hydrogens (tertiary/aromatic N) is 3. The Morgan fingerprint density at radius 3 is 2.59 bits per heavy atom. The van der Waals surface area contributed by atoms with Crippen LogP contribution in [0.3, 0.4) is 0 Å². The first kappa shape index (κ1) is 23.9. The molecule has 4 rings (SSSR count). The zero-order valence-corrected chi connectivity index (χ0v) is 20.2.